The van der Waals surface area contributed by atoms with E-state index in [0.29, 0.717) is 23.0 Å². The molecule has 22 heavy (non-hydrogen) atoms. The van der Waals surface area contributed by atoms with Crippen molar-refractivity contribution in [2.24, 2.45) is 34.5 Å². The van der Waals surface area contributed by atoms with Gasteiger partial charge in [-0.25, -0.2) is 0 Å². The van der Waals surface area contributed by atoms with E-state index in [9.17, 15) is 9.90 Å². The molecule has 4 saturated carbocycles. The summed E-state index contributed by atoms with van der Waals surface area (Å²) in [5.41, 5.74) is 0.351. The first-order chi connectivity index (χ1) is 10.4. The van der Waals surface area contributed by atoms with E-state index in [4.69, 9.17) is 0 Å². The average Bonchev–Trinajstić information content (AvgIpc) is 2.72. The van der Waals surface area contributed by atoms with Crippen molar-refractivity contribution in [3.63, 3.8) is 0 Å². The molecule has 0 radical (unpaired) electrons. The summed E-state index contributed by atoms with van der Waals surface area (Å²) in [7, 11) is 0. The summed E-state index contributed by atoms with van der Waals surface area (Å²) in [5.74, 6) is 3.29. The standard InChI is InChI=1S/C19H29BrO2/c1-18-7-5-12(21)9-11(18)3-4-13-14(18)6-8-19(2)15(13)10-16(20)17(19)22/h11-16,21H,3-10H2,1-2H3/t11-,12-,13+,14-,15-,16+,18-,19-/m0/s1/i9+2. The van der Waals surface area contributed by atoms with Crippen molar-refractivity contribution in [2.45, 2.75) is 76.1 Å². The summed E-state index contributed by atoms with van der Waals surface area (Å²) >= 11 is 3.65. The smallest absolute Gasteiger partial charge is 0.152 e. The maximum atomic E-state index is 12.7. The van der Waals surface area contributed by atoms with Crippen molar-refractivity contribution in [1.82, 2.24) is 0 Å². The second-order valence-electron chi connectivity index (χ2n) is 9.11. The molecule has 4 aliphatic rings. The molecule has 4 aliphatic carbocycles. The van der Waals surface area contributed by atoms with Gasteiger partial charge in [-0.15, -0.1) is 0 Å². The lowest BCUT2D eigenvalue weighted by molar-refractivity contribution is -0.142. The second kappa shape index (κ2) is 5.05. The molecule has 4 rings (SSSR count). The van der Waals surface area contributed by atoms with Gasteiger partial charge in [0.15, 0.2) is 5.78 Å². The van der Waals surface area contributed by atoms with E-state index >= 15 is 0 Å². The zero-order valence-corrected chi connectivity index (χ0v) is 15.4. The van der Waals surface area contributed by atoms with E-state index < -0.39 is 0 Å². The molecule has 4 fully saturated rings. The van der Waals surface area contributed by atoms with Crippen LogP contribution in [0.15, 0.2) is 0 Å². The highest BCUT2D eigenvalue weighted by Gasteiger charge is 2.61. The van der Waals surface area contributed by atoms with Gasteiger partial charge >= 0.3 is 0 Å². The van der Waals surface area contributed by atoms with Gasteiger partial charge in [0.05, 0.1) is 10.9 Å². The van der Waals surface area contributed by atoms with Gasteiger partial charge in [0.25, 0.3) is 0 Å². The topological polar surface area (TPSA) is 37.3 Å². The van der Waals surface area contributed by atoms with Crippen molar-refractivity contribution in [3.05, 3.63) is 0 Å². The Morgan fingerprint density at radius 3 is 2.68 bits per heavy atom. The molecule has 0 aromatic rings. The van der Waals surface area contributed by atoms with Crippen LogP contribution >= 0.6 is 15.9 Å². The molecular weight excluding hydrogens is 342 g/mol. The Labute approximate surface area is 142 Å². The monoisotopic (exact) mass is 370 g/mol. The molecule has 0 bridgehead atoms. The van der Waals surface area contributed by atoms with Crippen molar-refractivity contribution >= 4 is 21.7 Å². The number of alkyl halides is 1. The number of halogens is 1. The van der Waals surface area contributed by atoms with E-state index in [-0.39, 0.29) is 16.3 Å². The lowest BCUT2D eigenvalue weighted by atomic mass is 9.47. The molecule has 0 saturated heterocycles. The van der Waals surface area contributed by atoms with Gasteiger partial charge in [-0.3, -0.25) is 4.79 Å². The minimum atomic E-state index is -0.0662. The van der Waals surface area contributed by atoms with Gasteiger partial charge in [-0.05, 0) is 80.5 Å². The first kappa shape index (κ1) is 15.6. The van der Waals surface area contributed by atoms with Crippen molar-refractivity contribution in [3.8, 4) is 0 Å². The van der Waals surface area contributed by atoms with E-state index in [2.05, 4.69) is 29.8 Å². The normalized spacial score (nSPS) is 57.9. The van der Waals surface area contributed by atoms with Crippen molar-refractivity contribution < 1.29 is 9.90 Å². The van der Waals surface area contributed by atoms with Gasteiger partial charge in [0, 0.05) is 5.41 Å². The zero-order valence-electron chi connectivity index (χ0n) is 13.9. The molecule has 3 heteroatoms. The molecule has 0 aromatic carbocycles. The Morgan fingerprint density at radius 2 is 1.91 bits per heavy atom. The summed E-state index contributed by atoms with van der Waals surface area (Å²) in [6.07, 6.45) is 9.04. The minimum absolute atomic E-state index is 0.0628. The average molecular weight is 371 g/mol. The number of fused-ring (bicyclic) bond motifs is 5. The van der Waals surface area contributed by atoms with Crippen LogP contribution in [0.25, 0.3) is 0 Å². The third kappa shape index (κ3) is 1.97. The number of hydrogen-bond donors (Lipinski definition) is 1. The minimum Gasteiger partial charge on any atom is -0.393 e. The van der Waals surface area contributed by atoms with E-state index in [0.717, 1.165) is 37.5 Å². The van der Waals surface area contributed by atoms with Crippen molar-refractivity contribution in [1.29, 1.82) is 0 Å². The van der Waals surface area contributed by atoms with Crippen molar-refractivity contribution in [2.75, 3.05) is 0 Å². The lowest BCUT2D eigenvalue weighted by Crippen LogP contribution is -2.54. The molecule has 0 amide bonds. The summed E-state index contributed by atoms with van der Waals surface area (Å²) in [4.78, 5) is 12.8. The zero-order chi connectivity index (χ0) is 15.7. The molecule has 0 unspecified atom stereocenters. The van der Waals surface area contributed by atoms with Crippen LogP contribution in [0.4, 0.5) is 0 Å². The predicted octanol–water partition coefficient (Wildman–Crippen LogP) is 4.33. The van der Waals surface area contributed by atoms with Crippen LogP contribution in [-0.4, -0.2) is 21.8 Å². The Kier molecular flexibility index (Phi) is 3.59. The summed E-state index contributed by atoms with van der Waals surface area (Å²) in [6, 6.07) is 0. The van der Waals surface area contributed by atoms with Gasteiger partial charge in [-0.2, -0.15) is 0 Å². The summed E-state index contributed by atoms with van der Waals surface area (Å²) in [6.45, 7) is 4.75. The Hall–Kier alpha value is 0.110. The number of rotatable bonds is 0. The number of hydrogen-bond acceptors (Lipinski definition) is 2. The fourth-order valence-electron chi connectivity index (χ4n) is 6.98. The van der Waals surface area contributed by atoms with Crippen LogP contribution in [0.2, 0.25) is 0 Å². The quantitative estimate of drug-likeness (QED) is 0.644. The molecule has 8 atom stereocenters. The summed E-state index contributed by atoms with van der Waals surface area (Å²) < 4.78 is 0. The largest absolute Gasteiger partial charge is 0.393 e. The Balaban J connectivity index is 1.64. The van der Waals surface area contributed by atoms with Crippen LogP contribution < -0.4 is 0 Å². The fraction of sp³-hybridized carbons (Fsp3) is 0.947. The first-order valence-electron chi connectivity index (χ1n) is 9.23. The van der Waals surface area contributed by atoms with Crippen LogP contribution in [-0.2, 0) is 4.79 Å². The Bertz CT molecular complexity index is 492. The predicted molar refractivity (Wildman–Crippen MR) is 90.8 cm³/mol. The van der Waals surface area contributed by atoms with Crippen LogP contribution in [0.1, 0.15) is 65.2 Å². The molecule has 0 aliphatic heterocycles. The van der Waals surface area contributed by atoms with Gasteiger partial charge in [0.1, 0.15) is 0 Å². The van der Waals surface area contributed by atoms with Crippen LogP contribution in [0.5, 0.6) is 0 Å². The number of ketones is 1. The second-order valence-corrected chi connectivity index (χ2v) is 10.2. The van der Waals surface area contributed by atoms with E-state index in [1.807, 2.05) is 0 Å². The van der Waals surface area contributed by atoms with E-state index in [1.165, 1.54) is 25.7 Å². The van der Waals surface area contributed by atoms with Gasteiger partial charge in [-0.1, -0.05) is 29.8 Å². The molecule has 0 heterocycles. The Morgan fingerprint density at radius 1 is 1.14 bits per heavy atom. The SMILES string of the molecule is C[C@]12CC[C@H](O)[14CH2][C@@H]1CC[C@@H]1[C@@H]2CC[C@]2(C)C(=O)[C@H](Br)C[C@@H]12. The molecule has 124 valence electrons. The highest BCUT2D eigenvalue weighted by atomic mass is 79.9. The number of Topliss-reactive ketones (excluding diaryl/α,β-unsaturated/α-hetero) is 1. The number of aliphatic hydroxyl groups is 1. The fourth-order valence-corrected chi connectivity index (χ4v) is 7.91. The molecule has 0 aromatic heterocycles. The summed E-state index contributed by atoms with van der Waals surface area (Å²) in [5, 5.41) is 10.1. The van der Waals surface area contributed by atoms with E-state index in [1.54, 1.807) is 0 Å². The van der Waals surface area contributed by atoms with Crippen LogP contribution in [0.3, 0.4) is 0 Å². The lowest BCUT2D eigenvalue weighted by Gasteiger charge is -2.60. The third-order valence-corrected chi connectivity index (χ3v) is 9.13. The maximum absolute atomic E-state index is 12.7. The first-order valence-corrected chi connectivity index (χ1v) is 10.1. The highest BCUT2D eigenvalue weighted by molar-refractivity contribution is 9.10. The van der Waals surface area contributed by atoms with Crippen LogP contribution in [0, 0.1) is 34.5 Å². The van der Waals surface area contributed by atoms with Gasteiger partial charge in [0.2, 0.25) is 0 Å². The molecule has 1 N–H and O–H groups in total. The number of carbonyl (C=O) groups is 1. The number of carbonyl (C=O) groups excluding carboxylic acids is 1. The maximum Gasteiger partial charge on any atom is 0.152 e. The van der Waals surface area contributed by atoms with Gasteiger partial charge < -0.3 is 5.11 Å². The third-order valence-electron chi connectivity index (χ3n) is 8.34. The molecular formula is C19H29BrO2. The highest BCUT2D eigenvalue weighted by Crippen LogP contribution is 2.65. The molecule has 0 spiro atoms. The molecule has 2 nitrogen and oxygen atoms in total. The number of aliphatic hydroxyl groups excluding tert-OH is 1.